The molecule has 0 aromatic carbocycles. The lowest BCUT2D eigenvalue weighted by Gasteiger charge is -2.40. The summed E-state index contributed by atoms with van der Waals surface area (Å²) in [5, 5.41) is 76.7. The molecule has 9 unspecified atom stereocenters. The van der Waals surface area contributed by atoms with Crippen LogP contribution in [0, 0.1) is 0 Å². The molecule has 0 aromatic heterocycles. The van der Waals surface area contributed by atoms with Crippen LogP contribution >= 0.6 is 0 Å². The first-order valence-corrected chi connectivity index (χ1v) is 38.2. The van der Waals surface area contributed by atoms with Crippen LogP contribution < -0.4 is 5.32 Å². The second kappa shape index (κ2) is 64.7. The lowest BCUT2D eigenvalue weighted by molar-refractivity contribution is -0.303. The number of aliphatic hydroxyl groups is 7. The SMILES string of the molecule is CCCCCCCCCCC/C=C\C/C=C\CCCCCCCCCCCCCCCCC(O)C(=O)NC(COC1OC(CO)C(O)C(O)C1O)C(O)C(O)CCCCCCCCCCCCCCCCCCCCCCCCCCCCCCCC. The lowest BCUT2D eigenvalue weighted by Crippen LogP contribution is -2.60. The molecular weight excluding hydrogens is 1090 g/mol. The number of carbonyl (C=O) groups excluding carboxylic acids is 1. The van der Waals surface area contributed by atoms with Crippen molar-refractivity contribution >= 4 is 5.91 Å². The standard InChI is InChI=1S/C76H147NO10/c1-3-5-7-9-11-13-15-17-19-21-23-25-27-29-31-33-35-37-39-41-43-45-47-49-51-53-55-57-59-61-63-68(79)71(81)67(66-86-76-74(84)73(83)72(82)70(65-78)87-76)77-75(85)69(80)64-62-60-58-56-54-52-50-48-46-44-42-40-38-36-34-32-30-28-26-24-22-20-18-16-14-12-10-8-6-4-2/h24,26,30,32,67-74,76,78-84H,3-23,25,27-29,31,33-66H2,1-2H3,(H,77,85)/b26-24-,32-30-. The minimum absolute atomic E-state index is 0.262. The molecule has 0 spiro atoms. The number of unbranched alkanes of at least 4 members (excludes halogenated alkanes) is 52. The molecule has 0 aliphatic carbocycles. The van der Waals surface area contributed by atoms with Gasteiger partial charge in [-0.25, -0.2) is 0 Å². The van der Waals surface area contributed by atoms with Crippen LogP contribution in [-0.4, -0.2) is 110 Å². The maximum atomic E-state index is 13.3. The summed E-state index contributed by atoms with van der Waals surface area (Å²) in [6, 6.07) is -1.17. The number of allylic oxidation sites excluding steroid dienone is 4. The van der Waals surface area contributed by atoms with E-state index in [-0.39, 0.29) is 6.42 Å². The van der Waals surface area contributed by atoms with Crippen LogP contribution in [0.25, 0.3) is 0 Å². The van der Waals surface area contributed by atoms with Gasteiger partial charge in [0.05, 0.1) is 25.4 Å². The largest absolute Gasteiger partial charge is 0.394 e. The summed E-state index contributed by atoms with van der Waals surface area (Å²) in [6.45, 7) is 3.52. The van der Waals surface area contributed by atoms with E-state index in [1.165, 1.54) is 302 Å². The van der Waals surface area contributed by atoms with Crippen molar-refractivity contribution in [2.75, 3.05) is 13.2 Å². The number of hydrogen-bond donors (Lipinski definition) is 8. The third-order valence-electron chi connectivity index (χ3n) is 18.8. The molecule has 1 aliphatic heterocycles. The number of nitrogens with one attached hydrogen (secondary N) is 1. The van der Waals surface area contributed by atoms with Crippen molar-refractivity contribution in [3.05, 3.63) is 24.3 Å². The number of ether oxygens (including phenoxy) is 2. The van der Waals surface area contributed by atoms with Gasteiger partial charge in [-0.3, -0.25) is 4.79 Å². The van der Waals surface area contributed by atoms with E-state index in [1.54, 1.807) is 0 Å². The fourth-order valence-corrected chi connectivity index (χ4v) is 12.7. The molecule has 11 heteroatoms. The molecule has 1 heterocycles. The van der Waals surface area contributed by atoms with Gasteiger partial charge in [0, 0.05) is 0 Å². The molecular formula is C76H147NO10. The first kappa shape index (κ1) is 83.6. The second-order valence-corrected chi connectivity index (χ2v) is 27.1. The molecule has 1 aliphatic rings. The molecule has 1 rings (SSSR count). The van der Waals surface area contributed by atoms with Crippen LogP contribution in [0.1, 0.15) is 386 Å². The fourth-order valence-electron chi connectivity index (χ4n) is 12.7. The zero-order valence-corrected chi connectivity index (χ0v) is 57.3. The zero-order chi connectivity index (χ0) is 63.1. The number of aliphatic hydroxyl groups excluding tert-OH is 7. The zero-order valence-electron chi connectivity index (χ0n) is 57.3. The van der Waals surface area contributed by atoms with E-state index in [0.29, 0.717) is 19.3 Å². The predicted molar refractivity (Wildman–Crippen MR) is 367 cm³/mol. The van der Waals surface area contributed by atoms with Crippen molar-refractivity contribution in [2.45, 2.75) is 441 Å². The Morgan fingerprint density at radius 1 is 0.402 bits per heavy atom. The Kier molecular flexibility index (Phi) is 62.2. The Hall–Kier alpha value is -1.41. The molecule has 9 atom stereocenters. The highest BCUT2D eigenvalue weighted by atomic mass is 16.7. The Bertz CT molecular complexity index is 1460. The van der Waals surface area contributed by atoms with E-state index < -0.39 is 74.2 Å². The Morgan fingerprint density at radius 3 is 1.02 bits per heavy atom. The predicted octanol–water partition coefficient (Wildman–Crippen LogP) is 19.1. The number of amides is 1. The third kappa shape index (κ3) is 51.8. The average Bonchev–Trinajstić information content (AvgIpc) is 1.97. The summed E-state index contributed by atoms with van der Waals surface area (Å²) in [6.07, 6.45) is 71.3. The van der Waals surface area contributed by atoms with Gasteiger partial charge >= 0.3 is 0 Å². The molecule has 1 amide bonds. The molecule has 516 valence electrons. The normalized spacial score (nSPS) is 18.7. The van der Waals surface area contributed by atoms with Crippen molar-refractivity contribution in [1.82, 2.24) is 5.32 Å². The Balaban J connectivity index is 2.16. The van der Waals surface area contributed by atoms with E-state index >= 15 is 0 Å². The highest BCUT2D eigenvalue weighted by Gasteiger charge is 2.44. The van der Waals surface area contributed by atoms with Crippen LogP contribution in [0.3, 0.4) is 0 Å². The molecule has 0 aromatic rings. The quantitative estimate of drug-likeness (QED) is 0.0215. The molecule has 1 fully saturated rings. The molecule has 0 radical (unpaired) electrons. The first-order chi connectivity index (χ1) is 42.7. The lowest BCUT2D eigenvalue weighted by atomic mass is 9.98. The maximum Gasteiger partial charge on any atom is 0.249 e. The van der Waals surface area contributed by atoms with Gasteiger partial charge < -0.3 is 50.5 Å². The summed E-state index contributed by atoms with van der Waals surface area (Å²) in [7, 11) is 0. The number of rotatable bonds is 68. The first-order valence-electron chi connectivity index (χ1n) is 38.2. The van der Waals surface area contributed by atoms with Crippen LogP contribution in [-0.2, 0) is 14.3 Å². The number of carbonyl (C=O) groups is 1. The minimum atomic E-state index is -1.66. The molecule has 87 heavy (non-hydrogen) atoms. The van der Waals surface area contributed by atoms with Crippen LogP contribution in [0.4, 0.5) is 0 Å². The van der Waals surface area contributed by atoms with Crippen molar-refractivity contribution < 1.29 is 50.0 Å². The molecule has 0 saturated carbocycles. The van der Waals surface area contributed by atoms with E-state index in [4.69, 9.17) is 9.47 Å². The average molecular weight is 1240 g/mol. The van der Waals surface area contributed by atoms with Gasteiger partial charge in [-0.2, -0.15) is 0 Å². The van der Waals surface area contributed by atoms with Gasteiger partial charge in [-0.15, -0.1) is 0 Å². The molecule has 8 N–H and O–H groups in total. The summed E-state index contributed by atoms with van der Waals surface area (Å²) in [5.41, 5.74) is 0. The van der Waals surface area contributed by atoms with E-state index in [1.807, 2.05) is 0 Å². The Labute approximate surface area is 537 Å². The Morgan fingerprint density at radius 2 is 0.701 bits per heavy atom. The summed E-state index contributed by atoms with van der Waals surface area (Å²) < 4.78 is 11.2. The van der Waals surface area contributed by atoms with Gasteiger partial charge in [0.2, 0.25) is 5.91 Å². The van der Waals surface area contributed by atoms with Crippen LogP contribution in [0.2, 0.25) is 0 Å². The van der Waals surface area contributed by atoms with E-state index in [9.17, 15) is 40.5 Å². The van der Waals surface area contributed by atoms with Gasteiger partial charge in [-0.1, -0.05) is 366 Å². The maximum absolute atomic E-state index is 13.3. The summed E-state index contributed by atoms with van der Waals surface area (Å²) in [4.78, 5) is 13.3. The topological polar surface area (TPSA) is 189 Å². The second-order valence-electron chi connectivity index (χ2n) is 27.1. The smallest absolute Gasteiger partial charge is 0.249 e. The number of hydrogen-bond acceptors (Lipinski definition) is 10. The minimum Gasteiger partial charge on any atom is -0.394 e. The van der Waals surface area contributed by atoms with E-state index in [0.717, 1.165) is 44.9 Å². The van der Waals surface area contributed by atoms with Gasteiger partial charge in [-0.05, 0) is 44.9 Å². The molecule has 1 saturated heterocycles. The highest BCUT2D eigenvalue weighted by molar-refractivity contribution is 5.80. The van der Waals surface area contributed by atoms with Crippen molar-refractivity contribution in [3.8, 4) is 0 Å². The fraction of sp³-hybridized carbons (Fsp3) is 0.934. The van der Waals surface area contributed by atoms with Gasteiger partial charge in [0.25, 0.3) is 0 Å². The van der Waals surface area contributed by atoms with Crippen molar-refractivity contribution in [2.24, 2.45) is 0 Å². The third-order valence-corrected chi connectivity index (χ3v) is 18.8. The van der Waals surface area contributed by atoms with Crippen LogP contribution in [0.5, 0.6) is 0 Å². The van der Waals surface area contributed by atoms with Crippen molar-refractivity contribution in [1.29, 1.82) is 0 Å². The molecule has 11 nitrogen and oxygen atoms in total. The van der Waals surface area contributed by atoms with E-state index in [2.05, 4.69) is 43.5 Å². The monoisotopic (exact) mass is 1230 g/mol. The summed E-state index contributed by atoms with van der Waals surface area (Å²) >= 11 is 0. The van der Waals surface area contributed by atoms with Crippen molar-refractivity contribution in [3.63, 3.8) is 0 Å². The highest BCUT2D eigenvalue weighted by Crippen LogP contribution is 2.24. The van der Waals surface area contributed by atoms with Gasteiger partial charge in [0.15, 0.2) is 6.29 Å². The molecule has 0 bridgehead atoms. The van der Waals surface area contributed by atoms with Gasteiger partial charge in [0.1, 0.15) is 36.6 Å². The van der Waals surface area contributed by atoms with Crippen LogP contribution in [0.15, 0.2) is 24.3 Å². The summed E-state index contributed by atoms with van der Waals surface area (Å²) in [5.74, 6) is -0.690.